The minimum atomic E-state index is -0.331. The van der Waals surface area contributed by atoms with Gasteiger partial charge in [0.1, 0.15) is 11.4 Å². The van der Waals surface area contributed by atoms with E-state index in [1.807, 2.05) is 25.1 Å². The molecule has 0 aliphatic heterocycles. The van der Waals surface area contributed by atoms with E-state index in [-0.39, 0.29) is 23.6 Å². The van der Waals surface area contributed by atoms with Gasteiger partial charge in [0.05, 0.1) is 24.5 Å². The van der Waals surface area contributed by atoms with Crippen LogP contribution in [-0.4, -0.2) is 28.9 Å². The molecule has 3 aromatic rings. The van der Waals surface area contributed by atoms with Crippen LogP contribution in [0.15, 0.2) is 42.6 Å². The Morgan fingerprint density at radius 3 is 2.69 bits per heavy atom. The minimum absolute atomic E-state index is 0.263. The van der Waals surface area contributed by atoms with Gasteiger partial charge in [-0.15, -0.1) is 0 Å². The smallest absolute Gasteiger partial charge is 0.270 e. The summed E-state index contributed by atoms with van der Waals surface area (Å²) in [5.41, 5.74) is 2.19. The number of carbonyl (C=O) groups excluding carboxylic acids is 2. The van der Waals surface area contributed by atoms with Gasteiger partial charge in [0, 0.05) is 24.0 Å². The highest BCUT2D eigenvalue weighted by molar-refractivity contribution is 6.12. The summed E-state index contributed by atoms with van der Waals surface area (Å²) in [6.07, 6.45) is 1.68. The Kier molecular flexibility index (Phi) is 4.88. The number of nitrogens with zero attached hydrogens (tertiary/aromatic N) is 1. The second-order valence-corrected chi connectivity index (χ2v) is 5.92. The monoisotopic (exact) mass is 352 g/mol. The number of methoxy groups -OCH3 is 1. The molecule has 134 valence electrons. The molecule has 1 unspecified atom stereocenters. The number of hydrogen-bond donors (Lipinski definition) is 3. The van der Waals surface area contributed by atoms with E-state index in [1.165, 1.54) is 6.92 Å². The third-order valence-corrected chi connectivity index (χ3v) is 4.01. The van der Waals surface area contributed by atoms with Crippen LogP contribution in [0.25, 0.3) is 10.9 Å². The summed E-state index contributed by atoms with van der Waals surface area (Å²) in [4.78, 5) is 31.8. The fraction of sp³-hybridized carbons (Fsp3) is 0.211. The van der Waals surface area contributed by atoms with Gasteiger partial charge in [-0.25, -0.2) is 0 Å². The number of aromatic amines is 1. The van der Waals surface area contributed by atoms with Crippen molar-refractivity contribution in [3.8, 4) is 5.75 Å². The average Bonchev–Trinajstić information content (AvgIpc) is 2.99. The van der Waals surface area contributed by atoms with Crippen LogP contribution in [0.3, 0.4) is 0 Å². The Balaban J connectivity index is 1.97. The number of pyridine rings is 1. The Hall–Kier alpha value is -3.35. The molecule has 3 N–H and O–H groups in total. The second kappa shape index (κ2) is 7.26. The first-order valence-corrected chi connectivity index (χ1v) is 8.18. The minimum Gasteiger partial charge on any atom is -0.497 e. The molecule has 0 radical (unpaired) electrons. The van der Waals surface area contributed by atoms with Crippen LogP contribution in [0, 0.1) is 0 Å². The SMILES string of the molecule is COc1ccc2[nH]c(C(=O)NC(C)c3ccccn3)c(NC(C)=O)c2c1. The predicted molar refractivity (Wildman–Crippen MR) is 99.3 cm³/mol. The fourth-order valence-corrected chi connectivity index (χ4v) is 2.75. The van der Waals surface area contributed by atoms with Crippen LogP contribution in [0.2, 0.25) is 0 Å². The molecule has 2 heterocycles. The zero-order valence-corrected chi connectivity index (χ0v) is 14.8. The van der Waals surface area contributed by atoms with Crippen molar-refractivity contribution in [1.29, 1.82) is 0 Å². The Morgan fingerprint density at radius 1 is 1.23 bits per heavy atom. The van der Waals surface area contributed by atoms with E-state index < -0.39 is 0 Å². The van der Waals surface area contributed by atoms with Crippen LogP contribution in [-0.2, 0) is 4.79 Å². The normalized spacial score (nSPS) is 11.8. The zero-order valence-electron chi connectivity index (χ0n) is 14.8. The van der Waals surface area contributed by atoms with Crippen molar-refractivity contribution in [2.75, 3.05) is 12.4 Å². The van der Waals surface area contributed by atoms with E-state index in [4.69, 9.17) is 4.74 Å². The summed E-state index contributed by atoms with van der Waals surface area (Å²) in [5, 5.41) is 6.34. The first-order chi connectivity index (χ1) is 12.5. The van der Waals surface area contributed by atoms with Crippen LogP contribution >= 0.6 is 0 Å². The summed E-state index contributed by atoms with van der Waals surface area (Å²) < 4.78 is 5.24. The van der Waals surface area contributed by atoms with E-state index >= 15 is 0 Å². The van der Waals surface area contributed by atoms with Crippen molar-refractivity contribution < 1.29 is 14.3 Å². The summed E-state index contributed by atoms with van der Waals surface area (Å²) in [6, 6.07) is 10.6. The van der Waals surface area contributed by atoms with Crippen molar-refractivity contribution in [2.45, 2.75) is 19.9 Å². The van der Waals surface area contributed by atoms with Gasteiger partial charge < -0.3 is 20.4 Å². The van der Waals surface area contributed by atoms with Gasteiger partial charge >= 0.3 is 0 Å². The molecule has 0 fully saturated rings. The number of anilines is 1. The Labute approximate surface area is 150 Å². The molecule has 0 bridgehead atoms. The van der Waals surface area contributed by atoms with E-state index in [2.05, 4.69) is 20.6 Å². The second-order valence-electron chi connectivity index (χ2n) is 5.92. The third kappa shape index (κ3) is 3.51. The Bertz CT molecular complexity index is 950. The van der Waals surface area contributed by atoms with Crippen molar-refractivity contribution >= 4 is 28.4 Å². The molecule has 0 saturated carbocycles. The van der Waals surface area contributed by atoms with E-state index in [9.17, 15) is 9.59 Å². The number of ether oxygens (including phenoxy) is 1. The maximum Gasteiger partial charge on any atom is 0.270 e. The highest BCUT2D eigenvalue weighted by Crippen LogP contribution is 2.31. The van der Waals surface area contributed by atoms with Crippen molar-refractivity contribution in [1.82, 2.24) is 15.3 Å². The molecule has 0 aliphatic rings. The van der Waals surface area contributed by atoms with Crippen molar-refractivity contribution in [3.63, 3.8) is 0 Å². The number of aromatic nitrogens is 2. The molecular formula is C19H20N4O3. The third-order valence-electron chi connectivity index (χ3n) is 4.01. The number of nitrogens with one attached hydrogen (secondary N) is 3. The lowest BCUT2D eigenvalue weighted by molar-refractivity contribution is -0.114. The highest BCUT2D eigenvalue weighted by atomic mass is 16.5. The van der Waals surface area contributed by atoms with E-state index in [0.717, 1.165) is 11.2 Å². The first-order valence-electron chi connectivity index (χ1n) is 8.18. The van der Waals surface area contributed by atoms with Gasteiger partial charge in [-0.1, -0.05) is 6.07 Å². The van der Waals surface area contributed by atoms with Gasteiger partial charge in [-0.3, -0.25) is 14.6 Å². The molecule has 2 amide bonds. The van der Waals surface area contributed by atoms with E-state index in [1.54, 1.807) is 31.5 Å². The largest absolute Gasteiger partial charge is 0.497 e. The fourth-order valence-electron chi connectivity index (χ4n) is 2.75. The summed E-state index contributed by atoms with van der Waals surface area (Å²) in [7, 11) is 1.56. The molecule has 1 atom stereocenters. The van der Waals surface area contributed by atoms with Crippen LogP contribution in [0.4, 0.5) is 5.69 Å². The van der Waals surface area contributed by atoms with Gasteiger partial charge in [-0.2, -0.15) is 0 Å². The maximum absolute atomic E-state index is 12.8. The van der Waals surface area contributed by atoms with Gasteiger partial charge in [-0.05, 0) is 37.3 Å². The number of fused-ring (bicyclic) bond motifs is 1. The molecule has 0 aliphatic carbocycles. The number of benzene rings is 1. The van der Waals surface area contributed by atoms with Gasteiger partial charge in [0.25, 0.3) is 5.91 Å². The van der Waals surface area contributed by atoms with Crippen molar-refractivity contribution in [3.05, 3.63) is 54.0 Å². The molecule has 7 heteroatoms. The summed E-state index contributed by atoms with van der Waals surface area (Å²) in [6.45, 7) is 3.25. The lowest BCUT2D eigenvalue weighted by Gasteiger charge is -2.13. The van der Waals surface area contributed by atoms with Crippen LogP contribution in [0.1, 0.15) is 36.1 Å². The average molecular weight is 352 g/mol. The van der Waals surface area contributed by atoms with E-state index in [0.29, 0.717) is 16.8 Å². The van der Waals surface area contributed by atoms with Crippen LogP contribution < -0.4 is 15.4 Å². The number of carbonyl (C=O) groups is 2. The predicted octanol–water partition coefficient (Wildman–Crippen LogP) is 3.02. The molecule has 7 nitrogen and oxygen atoms in total. The van der Waals surface area contributed by atoms with Crippen LogP contribution in [0.5, 0.6) is 5.75 Å². The van der Waals surface area contributed by atoms with Crippen molar-refractivity contribution in [2.24, 2.45) is 0 Å². The molecule has 2 aromatic heterocycles. The number of H-pyrrole nitrogens is 1. The number of amides is 2. The molecular weight excluding hydrogens is 332 g/mol. The summed E-state index contributed by atoms with van der Waals surface area (Å²) >= 11 is 0. The van der Waals surface area contributed by atoms with Gasteiger partial charge in [0.2, 0.25) is 5.91 Å². The highest BCUT2D eigenvalue weighted by Gasteiger charge is 2.21. The Morgan fingerprint density at radius 2 is 2.04 bits per heavy atom. The summed E-state index contributed by atoms with van der Waals surface area (Å²) in [5.74, 6) is 0.0412. The molecule has 0 saturated heterocycles. The maximum atomic E-state index is 12.8. The lowest BCUT2D eigenvalue weighted by Crippen LogP contribution is -2.28. The first kappa shape index (κ1) is 17.5. The zero-order chi connectivity index (χ0) is 18.7. The molecule has 3 rings (SSSR count). The molecule has 1 aromatic carbocycles. The van der Waals surface area contributed by atoms with Gasteiger partial charge in [0.15, 0.2) is 0 Å². The quantitative estimate of drug-likeness (QED) is 0.658. The lowest BCUT2D eigenvalue weighted by atomic mass is 10.2. The number of rotatable bonds is 5. The number of hydrogen-bond acceptors (Lipinski definition) is 4. The molecule has 26 heavy (non-hydrogen) atoms. The topological polar surface area (TPSA) is 96.1 Å². The molecule has 0 spiro atoms. The standard InChI is InChI=1S/C19H20N4O3/c1-11(15-6-4-5-9-20-15)21-19(25)18-17(22-12(2)24)14-10-13(26-3)7-8-16(14)23-18/h4-11,23H,1-3H3,(H,21,25)(H,22,24).